The molecule has 2 aromatic rings. The van der Waals surface area contributed by atoms with Gasteiger partial charge < -0.3 is 14.2 Å². The van der Waals surface area contributed by atoms with Crippen LogP contribution in [0.25, 0.3) is 0 Å². The standard InChI is InChI=1S/C23H28N2O5/c1-15-7-6-8-17(24-15)14-29-18-9-10-19-16(13-18)11-12-25(20(19)21(26)28-5)22(27)30-23(2,3)4/h6-10,13,20H,11-12,14H2,1-5H3/t20-/m1/s1. The van der Waals surface area contributed by atoms with Gasteiger partial charge in [-0.05, 0) is 69.5 Å². The summed E-state index contributed by atoms with van der Waals surface area (Å²) in [5, 5.41) is 0. The molecule has 160 valence electrons. The summed E-state index contributed by atoms with van der Waals surface area (Å²) in [5.41, 5.74) is 2.79. The number of methoxy groups -OCH3 is 1. The average molecular weight is 412 g/mol. The van der Waals surface area contributed by atoms with Gasteiger partial charge in [-0.2, -0.15) is 0 Å². The minimum Gasteiger partial charge on any atom is -0.487 e. The molecule has 0 unspecified atom stereocenters. The summed E-state index contributed by atoms with van der Waals surface area (Å²) in [5.74, 6) is 0.186. The van der Waals surface area contributed by atoms with Crippen molar-refractivity contribution in [3.05, 3.63) is 58.9 Å². The van der Waals surface area contributed by atoms with Gasteiger partial charge in [0.25, 0.3) is 0 Å². The van der Waals surface area contributed by atoms with Gasteiger partial charge in [0.05, 0.1) is 12.8 Å². The van der Waals surface area contributed by atoms with Crippen LogP contribution in [0.2, 0.25) is 0 Å². The number of aromatic nitrogens is 1. The van der Waals surface area contributed by atoms with Gasteiger partial charge in [0.2, 0.25) is 0 Å². The zero-order valence-corrected chi connectivity index (χ0v) is 18.1. The van der Waals surface area contributed by atoms with Gasteiger partial charge in [-0.3, -0.25) is 9.88 Å². The lowest BCUT2D eigenvalue weighted by Gasteiger charge is -2.36. The number of nitrogens with zero attached hydrogens (tertiary/aromatic N) is 2. The van der Waals surface area contributed by atoms with Gasteiger partial charge in [-0.25, -0.2) is 9.59 Å². The van der Waals surface area contributed by atoms with Crippen molar-refractivity contribution < 1.29 is 23.8 Å². The van der Waals surface area contributed by atoms with Crippen molar-refractivity contribution in [2.75, 3.05) is 13.7 Å². The van der Waals surface area contributed by atoms with Crippen LogP contribution < -0.4 is 4.74 Å². The average Bonchev–Trinajstić information content (AvgIpc) is 2.69. The number of rotatable bonds is 4. The Kier molecular flexibility index (Phi) is 6.29. The molecule has 1 aromatic carbocycles. The predicted molar refractivity (Wildman–Crippen MR) is 111 cm³/mol. The molecule has 0 bridgehead atoms. The summed E-state index contributed by atoms with van der Waals surface area (Å²) < 4.78 is 16.4. The third kappa shape index (κ3) is 5.09. The molecule has 0 saturated heterocycles. The predicted octanol–water partition coefficient (Wildman–Crippen LogP) is 3.98. The number of carbonyl (C=O) groups excluding carboxylic acids is 2. The highest BCUT2D eigenvalue weighted by molar-refractivity contribution is 5.84. The molecule has 1 atom stereocenters. The van der Waals surface area contributed by atoms with E-state index in [0.29, 0.717) is 25.3 Å². The molecule has 1 amide bonds. The van der Waals surface area contributed by atoms with Gasteiger partial charge in [-0.15, -0.1) is 0 Å². The molecule has 0 aliphatic carbocycles. The highest BCUT2D eigenvalue weighted by atomic mass is 16.6. The van der Waals surface area contributed by atoms with Crippen LogP contribution in [0.1, 0.15) is 49.3 Å². The molecule has 30 heavy (non-hydrogen) atoms. The topological polar surface area (TPSA) is 78.0 Å². The van der Waals surface area contributed by atoms with Crippen molar-refractivity contribution in [1.29, 1.82) is 0 Å². The lowest BCUT2D eigenvalue weighted by molar-refractivity contribution is -0.147. The van der Waals surface area contributed by atoms with E-state index in [1.807, 2.05) is 37.3 Å². The Morgan fingerprint density at radius 2 is 1.97 bits per heavy atom. The molecule has 1 aliphatic heterocycles. The molecular weight excluding hydrogens is 384 g/mol. The monoisotopic (exact) mass is 412 g/mol. The largest absolute Gasteiger partial charge is 0.487 e. The fourth-order valence-electron chi connectivity index (χ4n) is 3.41. The van der Waals surface area contributed by atoms with E-state index in [9.17, 15) is 9.59 Å². The second-order valence-electron chi connectivity index (χ2n) is 8.27. The summed E-state index contributed by atoms with van der Waals surface area (Å²) in [4.78, 5) is 31.1. The molecule has 1 aliphatic rings. The third-order valence-corrected chi connectivity index (χ3v) is 4.73. The Bertz CT molecular complexity index is 935. The number of aryl methyl sites for hydroxylation is 1. The molecule has 0 radical (unpaired) electrons. The highest BCUT2D eigenvalue weighted by Crippen LogP contribution is 2.34. The Hall–Kier alpha value is -3.09. The van der Waals surface area contributed by atoms with Crippen LogP contribution in [0, 0.1) is 6.92 Å². The SMILES string of the molecule is COC(=O)[C@H]1c2ccc(OCc3cccc(C)n3)cc2CCN1C(=O)OC(C)(C)C. The Morgan fingerprint density at radius 3 is 2.63 bits per heavy atom. The Morgan fingerprint density at radius 1 is 1.20 bits per heavy atom. The van der Waals surface area contributed by atoms with Gasteiger partial charge in [0, 0.05) is 12.2 Å². The molecule has 0 N–H and O–H groups in total. The fraction of sp³-hybridized carbons (Fsp3) is 0.435. The normalized spacial score (nSPS) is 15.9. The van der Waals surface area contributed by atoms with Crippen LogP contribution >= 0.6 is 0 Å². The van der Waals surface area contributed by atoms with Crippen LogP contribution in [-0.4, -0.2) is 41.2 Å². The summed E-state index contributed by atoms with van der Waals surface area (Å²) in [7, 11) is 1.32. The number of amides is 1. The first-order valence-electron chi connectivity index (χ1n) is 9.93. The number of benzene rings is 1. The lowest BCUT2D eigenvalue weighted by atomic mass is 9.92. The van der Waals surface area contributed by atoms with E-state index >= 15 is 0 Å². The summed E-state index contributed by atoms with van der Waals surface area (Å²) in [6, 6.07) is 10.5. The fourth-order valence-corrected chi connectivity index (χ4v) is 3.41. The van der Waals surface area contributed by atoms with Crippen LogP contribution in [-0.2, 0) is 27.3 Å². The van der Waals surface area contributed by atoms with Crippen LogP contribution in [0.4, 0.5) is 4.79 Å². The number of carbonyl (C=O) groups is 2. The van der Waals surface area contributed by atoms with Gasteiger partial charge in [0.1, 0.15) is 18.0 Å². The first-order valence-corrected chi connectivity index (χ1v) is 9.93. The Labute approximate surface area is 177 Å². The summed E-state index contributed by atoms with van der Waals surface area (Å²) in [6.45, 7) is 8.02. The van der Waals surface area contributed by atoms with Crippen LogP contribution in [0.3, 0.4) is 0 Å². The number of fused-ring (bicyclic) bond motifs is 1. The number of hydrogen-bond donors (Lipinski definition) is 0. The minimum absolute atomic E-state index is 0.352. The molecular formula is C23H28N2O5. The van der Waals surface area contributed by atoms with E-state index in [4.69, 9.17) is 14.2 Å². The van der Waals surface area contributed by atoms with Crippen molar-refractivity contribution in [1.82, 2.24) is 9.88 Å². The van der Waals surface area contributed by atoms with Gasteiger partial charge in [0.15, 0.2) is 6.04 Å². The van der Waals surface area contributed by atoms with E-state index in [2.05, 4.69) is 4.98 Å². The maximum atomic E-state index is 12.7. The lowest BCUT2D eigenvalue weighted by Crippen LogP contribution is -2.46. The van der Waals surface area contributed by atoms with Crippen molar-refractivity contribution in [2.24, 2.45) is 0 Å². The zero-order valence-electron chi connectivity index (χ0n) is 18.1. The van der Waals surface area contributed by atoms with E-state index in [1.165, 1.54) is 12.0 Å². The Balaban J connectivity index is 1.81. The van der Waals surface area contributed by atoms with E-state index < -0.39 is 23.7 Å². The number of pyridine rings is 1. The number of hydrogen-bond acceptors (Lipinski definition) is 6. The van der Waals surface area contributed by atoms with E-state index in [0.717, 1.165) is 22.5 Å². The minimum atomic E-state index is -0.846. The van der Waals surface area contributed by atoms with Crippen molar-refractivity contribution in [3.8, 4) is 5.75 Å². The molecule has 7 heteroatoms. The van der Waals surface area contributed by atoms with Crippen molar-refractivity contribution >= 4 is 12.1 Å². The van der Waals surface area contributed by atoms with E-state index in [1.54, 1.807) is 26.8 Å². The van der Waals surface area contributed by atoms with Gasteiger partial charge >= 0.3 is 12.1 Å². The quantitative estimate of drug-likeness (QED) is 0.707. The smallest absolute Gasteiger partial charge is 0.411 e. The molecule has 0 saturated carbocycles. The summed E-state index contributed by atoms with van der Waals surface area (Å²) >= 11 is 0. The first-order chi connectivity index (χ1) is 14.2. The molecule has 0 spiro atoms. The van der Waals surface area contributed by atoms with Crippen molar-refractivity contribution in [3.63, 3.8) is 0 Å². The molecule has 7 nitrogen and oxygen atoms in total. The van der Waals surface area contributed by atoms with Crippen LogP contribution in [0.15, 0.2) is 36.4 Å². The van der Waals surface area contributed by atoms with Gasteiger partial charge in [-0.1, -0.05) is 12.1 Å². The zero-order chi connectivity index (χ0) is 21.9. The molecule has 1 aromatic heterocycles. The van der Waals surface area contributed by atoms with E-state index in [-0.39, 0.29) is 0 Å². The molecule has 3 rings (SSSR count). The second-order valence-corrected chi connectivity index (χ2v) is 8.27. The maximum Gasteiger partial charge on any atom is 0.411 e. The second kappa shape index (κ2) is 8.73. The maximum absolute atomic E-state index is 12.7. The molecule has 0 fully saturated rings. The number of ether oxygens (including phenoxy) is 3. The summed E-state index contributed by atoms with van der Waals surface area (Å²) in [6.07, 6.45) is 0.0523. The van der Waals surface area contributed by atoms with Crippen molar-refractivity contribution in [2.45, 2.75) is 52.4 Å². The number of esters is 1. The molecule has 2 heterocycles. The first kappa shape index (κ1) is 21.6. The van der Waals surface area contributed by atoms with Crippen LogP contribution in [0.5, 0.6) is 5.75 Å². The highest BCUT2D eigenvalue weighted by Gasteiger charge is 2.39. The third-order valence-electron chi connectivity index (χ3n) is 4.73.